The highest BCUT2D eigenvalue weighted by molar-refractivity contribution is 8.01. The molecule has 1 saturated heterocycles. The molecular weight excluding hydrogens is 262 g/mol. The molecule has 1 aliphatic heterocycles. The van der Waals surface area contributed by atoms with Gasteiger partial charge >= 0.3 is 5.97 Å². The molecule has 2 rings (SSSR count). The van der Waals surface area contributed by atoms with Crippen molar-refractivity contribution in [2.45, 2.75) is 24.7 Å². The molecule has 1 aliphatic rings. The van der Waals surface area contributed by atoms with Crippen molar-refractivity contribution in [2.24, 2.45) is 0 Å². The zero-order chi connectivity index (χ0) is 13.7. The second kappa shape index (κ2) is 6.10. The number of nitrogens with one attached hydrogen (secondary N) is 1. The number of esters is 1. The standard InChI is InChI=1S/C14H17NO3S/c1-14(9-12(16)15-7-8-19-14)13(17)18-10-11-5-3-2-4-6-11/h2-6H,7-10H2,1H3,(H,15,16)/t14-/m1/s1. The molecule has 1 aromatic carbocycles. The first-order valence-electron chi connectivity index (χ1n) is 6.22. The van der Waals surface area contributed by atoms with Crippen LogP contribution in [-0.2, 0) is 20.9 Å². The third-order valence-corrected chi connectivity index (χ3v) is 4.34. The first kappa shape index (κ1) is 13.9. The predicted octanol–water partition coefficient (Wildman–Crippen LogP) is 1.74. The van der Waals surface area contributed by atoms with Gasteiger partial charge in [0.15, 0.2) is 0 Å². The highest BCUT2D eigenvalue weighted by atomic mass is 32.2. The predicted molar refractivity (Wildman–Crippen MR) is 74.7 cm³/mol. The second-order valence-corrected chi connectivity index (χ2v) is 6.27. The van der Waals surface area contributed by atoms with Crippen LogP contribution in [0.1, 0.15) is 18.9 Å². The lowest BCUT2D eigenvalue weighted by molar-refractivity contribution is -0.148. The summed E-state index contributed by atoms with van der Waals surface area (Å²) < 4.78 is 4.55. The minimum absolute atomic E-state index is 0.0934. The second-order valence-electron chi connectivity index (χ2n) is 4.67. The summed E-state index contributed by atoms with van der Waals surface area (Å²) >= 11 is 1.48. The van der Waals surface area contributed by atoms with Gasteiger partial charge in [0.2, 0.25) is 5.91 Å². The molecule has 4 nitrogen and oxygen atoms in total. The van der Waals surface area contributed by atoms with E-state index in [0.29, 0.717) is 6.54 Å². The summed E-state index contributed by atoms with van der Waals surface area (Å²) in [6, 6.07) is 9.53. The Morgan fingerprint density at radius 2 is 2.16 bits per heavy atom. The Morgan fingerprint density at radius 3 is 2.89 bits per heavy atom. The van der Waals surface area contributed by atoms with E-state index in [2.05, 4.69) is 5.32 Å². The average Bonchev–Trinajstić information content (AvgIpc) is 2.59. The van der Waals surface area contributed by atoms with E-state index >= 15 is 0 Å². The molecule has 0 unspecified atom stereocenters. The quantitative estimate of drug-likeness (QED) is 0.856. The fourth-order valence-electron chi connectivity index (χ4n) is 1.89. The molecule has 1 aromatic rings. The molecule has 0 saturated carbocycles. The van der Waals surface area contributed by atoms with Gasteiger partial charge in [-0.05, 0) is 12.5 Å². The molecule has 1 atom stereocenters. The highest BCUT2D eigenvalue weighted by Gasteiger charge is 2.39. The number of benzene rings is 1. The molecule has 0 bridgehead atoms. The van der Waals surface area contributed by atoms with Crippen molar-refractivity contribution < 1.29 is 14.3 Å². The Kier molecular flexibility index (Phi) is 4.47. The minimum Gasteiger partial charge on any atom is -0.460 e. The molecule has 1 fully saturated rings. The summed E-state index contributed by atoms with van der Waals surface area (Å²) in [5, 5.41) is 2.76. The van der Waals surface area contributed by atoms with E-state index in [9.17, 15) is 9.59 Å². The zero-order valence-electron chi connectivity index (χ0n) is 10.8. The Bertz CT molecular complexity index is 463. The van der Waals surface area contributed by atoms with Crippen molar-refractivity contribution in [1.29, 1.82) is 0 Å². The van der Waals surface area contributed by atoms with E-state index in [1.807, 2.05) is 30.3 Å². The fourth-order valence-corrected chi connectivity index (χ4v) is 2.96. The molecular formula is C14H17NO3S. The molecule has 1 N–H and O–H groups in total. The number of thioether (sulfide) groups is 1. The Labute approximate surface area is 116 Å². The van der Waals surface area contributed by atoms with E-state index in [4.69, 9.17) is 4.74 Å². The van der Waals surface area contributed by atoms with Crippen molar-refractivity contribution in [3.8, 4) is 0 Å². The molecule has 102 valence electrons. The molecule has 0 spiro atoms. The minimum atomic E-state index is -0.782. The summed E-state index contributed by atoms with van der Waals surface area (Å²) in [4.78, 5) is 23.7. The van der Waals surface area contributed by atoms with Crippen LogP contribution < -0.4 is 5.32 Å². The summed E-state index contributed by atoms with van der Waals surface area (Å²) in [6.45, 7) is 2.62. The van der Waals surface area contributed by atoms with Gasteiger partial charge in [0.05, 0.1) is 6.42 Å². The van der Waals surface area contributed by atoms with Crippen LogP contribution in [0.5, 0.6) is 0 Å². The average molecular weight is 279 g/mol. The summed E-state index contributed by atoms with van der Waals surface area (Å²) in [7, 11) is 0. The molecule has 1 amide bonds. The molecule has 0 aromatic heterocycles. The third-order valence-electron chi connectivity index (χ3n) is 2.99. The maximum Gasteiger partial charge on any atom is 0.322 e. The molecule has 19 heavy (non-hydrogen) atoms. The molecule has 0 aliphatic carbocycles. The first-order chi connectivity index (χ1) is 9.10. The molecule has 5 heteroatoms. The first-order valence-corrected chi connectivity index (χ1v) is 7.20. The van der Waals surface area contributed by atoms with Crippen LogP contribution in [-0.4, -0.2) is 28.9 Å². The van der Waals surface area contributed by atoms with Gasteiger partial charge in [-0.3, -0.25) is 9.59 Å². The third kappa shape index (κ3) is 3.73. The van der Waals surface area contributed by atoms with E-state index in [1.165, 1.54) is 11.8 Å². The van der Waals surface area contributed by atoms with Crippen LogP contribution >= 0.6 is 11.8 Å². The smallest absolute Gasteiger partial charge is 0.322 e. The zero-order valence-corrected chi connectivity index (χ0v) is 11.7. The van der Waals surface area contributed by atoms with Gasteiger partial charge in [-0.2, -0.15) is 0 Å². The summed E-state index contributed by atoms with van der Waals surface area (Å²) in [5.41, 5.74) is 0.947. The monoisotopic (exact) mass is 279 g/mol. The Hall–Kier alpha value is -1.49. The number of rotatable bonds is 3. The lowest BCUT2D eigenvalue weighted by Crippen LogP contribution is -2.37. The van der Waals surface area contributed by atoms with E-state index < -0.39 is 4.75 Å². The maximum atomic E-state index is 12.2. The number of hydrogen-bond donors (Lipinski definition) is 1. The molecule has 1 heterocycles. The van der Waals surface area contributed by atoms with Gasteiger partial charge in [-0.1, -0.05) is 30.3 Å². The van der Waals surface area contributed by atoms with Gasteiger partial charge in [0.1, 0.15) is 11.4 Å². The van der Waals surface area contributed by atoms with Gasteiger partial charge < -0.3 is 10.1 Å². The van der Waals surface area contributed by atoms with Gasteiger partial charge in [-0.15, -0.1) is 11.8 Å². The van der Waals surface area contributed by atoms with Gasteiger partial charge in [0.25, 0.3) is 0 Å². The van der Waals surface area contributed by atoms with Crippen molar-refractivity contribution in [3.05, 3.63) is 35.9 Å². The van der Waals surface area contributed by atoms with E-state index in [1.54, 1.807) is 6.92 Å². The van der Waals surface area contributed by atoms with Gasteiger partial charge in [0, 0.05) is 12.3 Å². The normalized spacial score (nSPS) is 23.3. The van der Waals surface area contributed by atoms with Crippen LogP contribution in [0.2, 0.25) is 0 Å². The summed E-state index contributed by atoms with van der Waals surface area (Å²) in [5.74, 6) is 0.311. The number of amides is 1. The van der Waals surface area contributed by atoms with E-state index in [-0.39, 0.29) is 24.9 Å². The Balaban J connectivity index is 1.96. The molecule has 0 radical (unpaired) electrons. The van der Waals surface area contributed by atoms with Crippen LogP contribution in [0.25, 0.3) is 0 Å². The lowest BCUT2D eigenvalue weighted by Gasteiger charge is -2.23. The lowest BCUT2D eigenvalue weighted by atomic mass is 10.1. The SMILES string of the molecule is C[C@]1(C(=O)OCc2ccccc2)CC(=O)NCCS1. The van der Waals surface area contributed by atoms with Crippen molar-refractivity contribution >= 4 is 23.6 Å². The number of carbonyl (C=O) groups excluding carboxylic acids is 2. The Morgan fingerprint density at radius 1 is 1.42 bits per heavy atom. The number of hydrogen-bond acceptors (Lipinski definition) is 4. The maximum absolute atomic E-state index is 12.2. The van der Waals surface area contributed by atoms with Crippen molar-refractivity contribution in [2.75, 3.05) is 12.3 Å². The fraction of sp³-hybridized carbons (Fsp3) is 0.429. The number of carbonyl (C=O) groups is 2. The van der Waals surface area contributed by atoms with Crippen molar-refractivity contribution in [3.63, 3.8) is 0 Å². The van der Waals surface area contributed by atoms with E-state index in [0.717, 1.165) is 11.3 Å². The summed E-state index contributed by atoms with van der Waals surface area (Å²) in [6.07, 6.45) is 0.172. The largest absolute Gasteiger partial charge is 0.460 e. The van der Waals surface area contributed by atoms with Crippen LogP contribution in [0, 0.1) is 0 Å². The van der Waals surface area contributed by atoms with Crippen LogP contribution in [0.15, 0.2) is 30.3 Å². The number of ether oxygens (including phenoxy) is 1. The highest BCUT2D eigenvalue weighted by Crippen LogP contribution is 2.31. The van der Waals surface area contributed by atoms with Gasteiger partial charge in [-0.25, -0.2) is 0 Å². The van der Waals surface area contributed by atoms with Crippen LogP contribution in [0.3, 0.4) is 0 Å². The topological polar surface area (TPSA) is 55.4 Å². The van der Waals surface area contributed by atoms with Crippen LogP contribution in [0.4, 0.5) is 0 Å². The van der Waals surface area contributed by atoms with Crippen molar-refractivity contribution in [1.82, 2.24) is 5.32 Å².